The van der Waals surface area contributed by atoms with Crippen LogP contribution in [0.15, 0.2) is 59.8 Å². The van der Waals surface area contributed by atoms with Crippen LogP contribution in [0, 0.1) is 23.7 Å². The summed E-state index contributed by atoms with van der Waals surface area (Å²) in [7, 11) is 0. The van der Waals surface area contributed by atoms with Crippen LogP contribution < -0.4 is 0 Å². The lowest BCUT2D eigenvalue weighted by Gasteiger charge is -2.21. The summed E-state index contributed by atoms with van der Waals surface area (Å²) in [4.78, 5) is 0. The van der Waals surface area contributed by atoms with Crippen molar-refractivity contribution in [2.45, 2.75) is 92.9 Å². The second-order valence-corrected chi connectivity index (χ2v) is 9.44. The summed E-state index contributed by atoms with van der Waals surface area (Å²) in [5.74, 6) is 2.99. The van der Waals surface area contributed by atoms with Crippen LogP contribution in [-0.4, -0.2) is 0 Å². The maximum Gasteiger partial charge on any atom is -0.0141 e. The molecule has 1 rings (SSSR count). The molecule has 0 spiro atoms. The lowest BCUT2D eigenvalue weighted by molar-refractivity contribution is 0.321. The van der Waals surface area contributed by atoms with Gasteiger partial charge >= 0.3 is 0 Å². The Morgan fingerprint density at radius 3 is 2.43 bits per heavy atom. The Hall–Kier alpha value is -1.30. The largest absolute Gasteiger partial charge is 0.0854 e. The molecule has 0 saturated carbocycles. The van der Waals surface area contributed by atoms with E-state index in [0.717, 1.165) is 18.3 Å². The fourth-order valence-corrected chi connectivity index (χ4v) is 3.88. The highest BCUT2D eigenvalue weighted by Crippen LogP contribution is 2.25. The molecule has 28 heavy (non-hydrogen) atoms. The topological polar surface area (TPSA) is 0 Å². The molecule has 0 aliphatic heterocycles. The molecule has 0 N–H and O–H groups in total. The highest BCUT2D eigenvalue weighted by atomic mass is 14.2. The molecule has 0 radical (unpaired) electrons. The maximum atomic E-state index is 2.45. The molecule has 0 heteroatoms. The van der Waals surface area contributed by atoms with E-state index in [0.29, 0.717) is 11.8 Å². The minimum Gasteiger partial charge on any atom is -0.0854 e. The summed E-state index contributed by atoms with van der Waals surface area (Å²) in [6.07, 6.45) is 28.7. The van der Waals surface area contributed by atoms with Crippen molar-refractivity contribution in [2.24, 2.45) is 23.7 Å². The molecule has 3 unspecified atom stereocenters. The van der Waals surface area contributed by atoms with Crippen molar-refractivity contribution in [1.82, 2.24) is 0 Å². The van der Waals surface area contributed by atoms with Crippen molar-refractivity contribution in [1.29, 1.82) is 0 Å². The molecule has 0 amide bonds. The number of hydrogen-bond acceptors (Lipinski definition) is 0. The van der Waals surface area contributed by atoms with Crippen LogP contribution in [0.25, 0.3) is 0 Å². The summed E-state index contributed by atoms with van der Waals surface area (Å²) in [6.45, 7) is 14.0. The van der Waals surface area contributed by atoms with Crippen molar-refractivity contribution in [3.63, 3.8) is 0 Å². The van der Waals surface area contributed by atoms with E-state index in [2.05, 4.69) is 90.2 Å². The van der Waals surface area contributed by atoms with E-state index in [4.69, 9.17) is 0 Å². The van der Waals surface area contributed by atoms with Crippen molar-refractivity contribution in [2.75, 3.05) is 0 Å². The van der Waals surface area contributed by atoms with Crippen LogP contribution >= 0.6 is 0 Å². The summed E-state index contributed by atoms with van der Waals surface area (Å²) >= 11 is 0. The summed E-state index contributed by atoms with van der Waals surface area (Å²) in [5, 5.41) is 0. The Balaban J connectivity index is 2.25. The highest BCUT2D eigenvalue weighted by molar-refractivity contribution is 5.25. The summed E-state index contributed by atoms with van der Waals surface area (Å²) < 4.78 is 0. The van der Waals surface area contributed by atoms with Gasteiger partial charge in [-0.3, -0.25) is 0 Å². The second-order valence-electron chi connectivity index (χ2n) is 9.44. The Morgan fingerprint density at radius 1 is 0.964 bits per heavy atom. The van der Waals surface area contributed by atoms with Gasteiger partial charge in [-0.2, -0.15) is 0 Å². The zero-order chi connectivity index (χ0) is 20.8. The highest BCUT2D eigenvalue weighted by Gasteiger charge is 2.13. The molecular formula is C28H46. The van der Waals surface area contributed by atoms with Crippen LogP contribution in [0.1, 0.15) is 92.9 Å². The number of rotatable bonds is 12. The first-order valence-electron chi connectivity index (χ1n) is 11.7. The van der Waals surface area contributed by atoms with Gasteiger partial charge < -0.3 is 0 Å². The average Bonchev–Trinajstić information content (AvgIpc) is 2.60. The van der Waals surface area contributed by atoms with Crippen molar-refractivity contribution in [3.05, 3.63) is 59.8 Å². The monoisotopic (exact) mass is 382 g/mol. The fraction of sp³-hybridized carbons (Fsp3) is 0.643. The minimum atomic E-state index is 0.656. The molecule has 158 valence electrons. The fourth-order valence-electron chi connectivity index (χ4n) is 3.88. The van der Waals surface area contributed by atoms with Gasteiger partial charge in [0.15, 0.2) is 0 Å². The predicted octanol–water partition coefficient (Wildman–Crippen LogP) is 9.23. The van der Waals surface area contributed by atoms with Gasteiger partial charge in [0, 0.05) is 0 Å². The van der Waals surface area contributed by atoms with Crippen LogP contribution in [0.2, 0.25) is 0 Å². The van der Waals surface area contributed by atoms with E-state index in [-0.39, 0.29) is 0 Å². The Kier molecular flexibility index (Phi) is 13.0. The molecule has 1 aliphatic carbocycles. The van der Waals surface area contributed by atoms with Crippen LogP contribution in [-0.2, 0) is 0 Å². The smallest absolute Gasteiger partial charge is 0.0141 e. The van der Waals surface area contributed by atoms with E-state index < -0.39 is 0 Å². The Morgan fingerprint density at radius 2 is 1.68 bits per heavy atom. The molecule has 0 nitrogen and oxygen atoms in total. The lowest BCUT2D eigenvalue weighted by atomic mass is 9.85. The molecular weight excluding hydrogens is 336 g/mol. The second kappa shape index (κ2) is 14.7. The maximum absolute atomic E-state index is 2.45. The first kappa shape index (κ1) is 24.7. The quantitative estimate of drug-likeness (QED) is 0.295. The number of allylic oxidation sites excluding steroid dienone is 10. The molecule has 0 aromatic heterocycles. The van der Waals surface area contributed by atoms with Gasteiger partial charge in [0.05, 0.1) is 0 Å². The first-order chi connectivity index (χ1) is 13.4. The zero-order valence-electron chi connectivity index (χ0n) is 19.6. The van der Waals surface area contributed by atoms with Gasteiger partial charge in [-0.15, -0.1) is 0 Å². The summed E-state index contributed by atoms with van der Waals surface area (Å²) in [6, 6.07) is 0. The van der Waals surface area contributed by atoms with E-state index in [1.807, 2.05) is 0 Å². The van der Waals surface area contributed by atoms with Gasteiger partial charge in [0.1, 0.15) is 0 Å². The lowest BCUT2D eigenvalue weighted by Crippen LogP contribution is -2.09. The van der Waals surface area contributed by atoms with Crippen molar-refractivity contribution >= 4 is 0 Å². The molecule has 0 fully saturated rings. The van der Waals surface area contributed by atoms with Gasteiger partial charge in [0.25, 0.3) is 0 Å². The van der Waals surface area contributed by atoms with Gasteiger partial charge in [0.2, 0.25) is 0 Å². The van der Waals surface area contributed by atoms with Crippen LogP contribution in [0.3, 0.4) is 0 Å². The Labute approximate surface area is 176 Å². The first-order valence-corrected chi connectivity index (χ1v) is 11.7. The van der Waals surface area contributed by atoms with Crippen molar-refractivity contribution < 1.29 is 0 Å². The SMILES string of the molecule is CC(=CC(C)C)CC=CC(C)CCC(C)C(C)CCCC1=CC=CCCC=C1. The standard InChI is InChI=1S/C28H46/c1-23(2)22-25(4)15-12-14-24(3)20-21-27(6)26(5)16-13-19-28-17-10-8-7-9-11-18-28/h8,10-12,14,17-18,22-24,26-27H,7,9,13,15-16,19-21H2,1-6H3. The van der Waals surface area contributed by atoms with E-state index in [9.17, 15) is 0 Å². The molecule has 0 bridgehead atoms. The zero-order valence-corrected chi connectivity index (χ0v) is 19.6. The minimum absolute atomic E-state index is 0.656. The van der Waals surface area contributed by atoms with E-state index in [1.165, 1.54) is 56.1 Å². The molecule has 0 heterocycles. The average molecular weight is 383 g/mol. The van der Waals surface area contributed by atoms with Crippen LogP contribution in [0.5, 0.6) is 0 Å². The normalized spacial score (nSPS) is 18.8. The third-order valence-corrected chi connectivity index (χ3v) is 5.97. The third kappa shape index (κ3) is 12.2. The van der Waals surface area contributed by atoms with Gasteiger partial charge in [-0.1, -0.05) is 95.2 Å². The van der Waals surface area contributed by atoms with E-state index in [1.54, 1.807) is 0 Å². The van der Waals surface area contributed by atoms with E-state index >= 15 is 0 Å². The van der Waals surface area contributed by atoms with Crippen LogP contribution in [0.4, 0.5) is 0 Å². The van der Waals surface area contributed by atoms with Gasteiger partial charge in [-0.05, 0) is 81.1 Å². The third-order valence-electron chi connectivity index (χ3n) is 5.97. The van der Waals surface area contributed by atoms with Gasteiger partial charge in [-0.25, -0.2) is 0 Å². The molecule has 0 aromatic carbocycles. The molecule has 0 aromatic rings. The van der Waals surface area contributed by atoms with Crippen molar-refractivity contribution in [3.8, 4) is 0 Å². The Bertz CT molecular complexity index is 553. The predicted molar refractivity (Wildman–Crippen MR) is 129 cm³/mol. The molecule has 0 saturated heterocycles. The molecule has 1 aliphatic rings. The molecule has 3 atom stereocenters. The summed E-state index contributed by atoms with van der Waals surface area (Å²) in [5.41, 5.74) is 2.99. The number of hydrogen-bond donors (Lipinski definition) is 0.